The fourth-order valence-corrected chi connectivity index (χ4v) is 2.10. The van der Waals surface area contributed by atoms with Crippen molar-refractivity contribution in [1.82, 2.24) is 32.4 Å². The Bertz CT molecular complexity index is 1010. The van der Waals surface area contributed by atoms with Crippen LogP contribution in [0, 0.1) is 21.4 Å². The van der Waals surface area contributed by atoms with E-state index in [9.17, 15) is 14.4 Å². The predicted octanol–water partition coefficient (Wildman–Crippen LogP) is -1.25. The maximum absolute atomic E-state index is 11.3. The summed E-state index contributed by atoms with van der Waals surface area (Å²) in [7, 11) is 6.87. The number of nitriles is 1. The molecule has 0 saturated carbocycles. The molecule has 0 unspecified atom stereocenters. The Balaban J connectivity index is -0.0000000623. The summed E-state index contributed by atoms with van der Waals surface area (Å²) in [6.07, 6.45) is 1.96. The van der Waals surface area contributed by atoms with Crippen molar-refractivity contribution in [3.8, 4) is 6.07 Å². The molecule has 1 radical (unpaired) electrons. The van der Waals surface area contributed by atoms with E-state index < -0.39 is 22.3 Å². The first kappa shape index (κ1) is 64.5. The summed E-state index contributed by atoms with van der Waals surface area (Å²) >= 11 is 1.57. The zero-order chi connectivity index (χ0) is 39.4. The molecule has 301 valence electrons. The molecule has 0 aliphatic carbocycles. The van der Waals surface area contributed by atoms with E-state index in [4.69, 9.17) is 52.5 Å². The third kappa shape index (κ3) is 79.5. The molecule has 23 nitrogen and oxygen atoms in total. The van der Waals surface area contributed by atoms with Gasteiger partial charge in [-0.2, -0.15) is 5.26 Å². The van der Waals surface area contributed by atoms with E-state index in [0.717, 1.165) is 5.17 Å². The number of hydrogen-bond acceptors (Lipinski definition) is 16. The Morgan fingerprint density at radius 1 is 1.02 bits per heavy atom. The van der Waals surface area contributed by atoms with Gasteiger partial charge in [0.05, 0.1) is 12.6 Å². The minimum Gasteiger partial charge on any atom is -0.480 e. The van der Waals surface area contributed by atoms with Crippen molar-refractivity contribution in [1.29, 1.82) is 5.26 Å². The van der Waals surface area contributed by atoms with Gasteiger partial charge in [0.2, 0.25) is 11.9 Å². The monoisotopic (exact) mass is 840 g/mol. The molecule has 0 amide bonds. The first-order valence-electron chi connectivity index (χ1n) is 13.3. The van der Waals surface area contributed by atoms with Crippen LogP contribution in [0.2, 0.25) is 0 Å². The largest absolute Gasteiger partial charge is 1.00 e. The number of aliphatic imine (C=N–C) groups is 3. The van der Waals surface area contributed by atoms with Crippen LogP contribution in [0.25, 0.3) is 0 Å². The molecule has 0 aliphatic rings. The maximum Gasteiger partial charge on any atom is 1.00 e. The molecule has 50 heavy (non-hydrogen) atoms. The molecule has 0 aromatic carbocycles. The molecule has 0 aliphatic heterocycles. The van der Waals surface area contributed by atoms with Gasteiger partial charge in [-0.15, -0.1) is 10.1 Å². The van der Waals surface area contributed by atoms with Gasteiger partial charge in [0.1, 0.15) is 24.3 Å². The number of nitrogens with two attached hydrogens (primary N) is 3. The van der Waals surface area contributed by atoms with Crippen LogP contribution < -0.4 is 49.8 Å². The van der Waals surface area contributed by atoms with E-state index >= 15 is 0 Å². The molecule has 25 heteroatoms. The van der Waals surface area contributed by atoms with Gasteiger partial charge in [0.25, 0.3) is 5.09 Å². The Kier molecular flexibility index (Phi) is 55.6. The van der Waals surface area contributed by atoms with Crippen LogP contribution in [0.3, 0.4) is 0 Å². The molecule has 0 rings (SSSR count). The molecule has 0 bridgehead atoms. The second-order valence-electron chi connectivity index (χ2n) is 9.49. The SMILES string of the molecule is C.CC#N.CC(C)(C)OC(=O)CN.CN=C(NCC(=O)OC(C)(C)C)NNC.CN=C(NNC)SC.NNC(N)=NCC(=O)O.O=[N+]([O-])O.[Ag].[H+]. The minimum atomic E-state index is -1.50. The Morgan fingerprint density at radius 3 is 1.64 bits per heavy atom. The van der Waals surface area contributed by atoms with Crippen molar-refractivity contribution in [3.05, 3.63) is 10.1 Å². The van der Waals surface area contributed by atoms with Gasteiger partial charge in [0.15, 0.2) is 5.17 Å². The third-order valence-corrected chi connectivity index (χ3v) is 3.71. The molecule has 14 N–H and O–H groups in total. The molecular weight excluding hydrogens is 780 g/mol. The van der Waals surface area contributed by atoms with E-state index in [1.165, 1.54) is 6.92 Å². The summed E-state index contributed by atoms with van der Waals surface area (Å²) in [6, 6.07) is 1.75. The summed E-state index contributed by atoms with van der Waals surface area (Å²) in [6.45, 7) is 12.0. The van der Waals surface area contributed by atoms with Crippen LogP contribution in [-0.4, -0.2) is 116 Å². The number of hydrazine groups is 3. The third-order valence-electron chi connectivity index (χ3n) is 3.03. The zero-order valence-corrected chi connectivity index (χ0v) is 32.4. The van der Waals surface area contributed by atoms with Crippen molar-refractivity contribution in [2.75, 3.05) is 54.1 Å². The number of amidine groups is 1. The van der Waals surface area contributed by atoms with Crippen LogP contribution in [-0.2, 0) is 46.2 Å². The summed E-state index contributed by atoms with van der Waals surface area (Å²) in [4.78, 5) is 51.0. The van der Waals surface area contributed by atoms with Crippen LogP contribution in [0.1, 0.15) is 57.3 Å². The number of carboxylic acid groups (broad SMARTS) is 1. The van der Waals surface area contributed by atoms with Crippen molar-refractivity contribution in [3.63, 3.8) is 0 Å². The number of carbonyl (C=O) groups is 3. The number of rotatable bonds is 7. The van der Waals surface area contributed by atoms with E-state index in [0.29, 0.717) is 5.96 Å². The number of thioether (sulfide) groups is 1. The number of guanidine groups is 2. The van der Waals surface area contributed by atoms with Gasteiger partial charge in [0, 0.05) is 57.5 Å². The Morgan fingerprint density at radius 2 is 1.42 bits per heavy atom. The quantitative estimate of drug-likeness (QED) is 0.0271. The molecule has 0 aromatic heterocycles. The smallest absolute Gasteiger partial charge is 0.480 e. The summed E-state index contributed by atoms with van der Waals surface area (Å²) in [5, 5.41) is 32.7. The fraction of sp³-hybridized carbons (Fsp3) is 0.720. The van der Waals surface area contributed by atoms with Crippen LogP contribution in [0.5, 0.6) is 0 Å². The second-order valence-corrected chi connectivity index (χ2v) is 10.3. The van der Waals surface area contributed by atoms with E-state index in [2.05, 4.69) is 42.0 Å². The normalized spacial score (nSPS) is 10.1. The second kappa shape index (κ2) is 43.1. The number of esters is 2. The fourth-order valence-electron chi connectivity index (χ4n) is 1.72. The summed E-state index contributed by atoms with van der Waals surface area (Å²) in [5.41, 5.74) is 22.1. The van der Waals surface area contributed by atoms with Gasteiger partial charge >= 0.3 is 19.3 Å². The Hall–Kier alpha value is -3.96. The summed E-state index contributed by atoms with van der Waals surface area (Å²) < 4.78 is 9.93. The first-order chi connectivity index (χ1) is 22.0. The molecule has 0 heterocycles. The Labute approximate surface area is 316 Å². The van der Waals surface area contributed by atoms with Crippen LogP contribution >= 0.6 is 11.8 Å². The topological polar surface area (TPSA) is 364 Å². The number of carboxylic acids is 1. The molecule has 0 saturated heterocycles. The predicted molar refractivity (Wildman–Crippen MR) is 193 cm³/mol. The molecular formula is C25H61AgN14O9S+. The molecule has 0 fully saturated rings. The first-order valence-corrected chi connectivity index (χ1v) is 14.6. The number of nitrogens with one attached hydrogen (secondary N) is 6. The van der Waals surface area contributed by atoms with Gasteiger partial charge in [-0.3, -0.25) is 35.2 Å². The number of ether oxygens (including phenoxy) is 2. The number of nitrogens with zero attached hydrogens (tertiary/aromatic N) is 5. The van der Waals surface area contributed by atoms with Crippen LogP contribution in [0.4, 0.5) is 0 Å². The van der Waals surface area contributed by atoms with Gasteiger partial charge < -0.3 is 42.0 Å². The average molecular weight is 842 g/mol. The van der Waals surface area contributed by atoms with Crippen molar-refractivity contribution >= 4 is 46.8 Å². The minimum absolute atomic E-state index is 0. The van der Waals surface area contributed by atoms with Gasteiger partial charge in [-0.05, 0) is 47.8 Å². The molecule has 0 aromatic rings. The van der Waals surface area contributed by atoms with Crippen molar-refractivity contribution in [2.45, 2.75) is 67.1 Å². The summed E-state index contributed by atoms with van der Waals surface area (Å²) in [5.74, 6) is 3.44. The number of hydrogen-bond donors (Lipinski definition) is 11. The standard InChI is InChI=1S/C9H20N4O2.C6H13NO2.C4H11N3S.C3H8N4O2.C2H3N.CH4.Ag.HNO3/c1-9(2,3)15-7(14)6-12-8(10-4)13-11-5;1-6(2,3)9-5(8)4-7;1-5-4(8-3)7-6-2;4-3(7-5)6-1-2(8)9;1-2-3;;;2-1(3)4/h11H,6H2,1-5H3,(H2,10,12,13);4,7H2,1-3H3;6H,1-3H3,(H,5,7);1,5H2,(H,8,9)(H3,4,6,7);1H3;1H4;;(H,2,3,4)/p+1. The maximum atomic E-state index is 11.3. The molecule has 0 spiro atoms. The van der Waals surface area contributed by atoms with Crippen molar-refractivity contribution < 1.29 is 63.1 Å². The zero-order valence-electron chi connectivity index (χ0n) is 31.1. The van der Waals surface area contributed by atoms with E-state index in [-0.39, 0.29) is 68.8 Å². The number of carbonyl (C=O) groups excluding carboxylic acids is 2. The van der Waals surface area contributed by atoms with Crippen LogP contribution in [0.15, 0.2) is 15.0 Å². The molecule has 0 atom stereocenters. The van der Waals surface area contributed by atoms with Gasteiger partial charge in [-0.1, -0.05) is 19.2 Å². The number of aliphatic carboxylic acids is 1. The van der Waals surface area contributed by atoms with Crippen molar-refractivity contribution in [2.24, 2.45) is 32.3 Å². The average Bonchev–Trinajstić information content (AvgIpc) is 2.96. The van der Waals surface area contributed by atoms with E-state index in [1.807, 2.05) is 32.5 Å². The van der Waals surface area contributed by atoms with Gasteiger partial charge in [-0.25, -0.2) is 21.7 Å². The van der Waals surface area contributed by atoms with E-state index in [1.54, 1.807) is 66.8 Å².